The van der Waals surface area contributed by atoms with Crippen LogP contribution in [0.25, 0.3) is 0 Å². The molecule has 0 unspecified atom stereocenters. The van der Waals surface area contributed by atoms with Crippen LogP contribution < -0.4 is 20.9 Å². The monoisotopic (exact) mass is 470 g/mol. The minimum Gasteiger partial charge on any atom is -0.452 e. The summed E-state index contributed by atoms with van der Waals surface area (Å²) in [5.41, 5.74) is -2.15. The molecule has 13 nitrogen and oxygen atoms in total. The molecule has 0 aliphatic carbocycles. The zero-order chi connectivity index (χ0) is 23.0. The maximum absolute atomic E-state index is 13.5. The van der Waals surface area contributed by atoms with Gasteiger partial charge in [0.25, 0.3) is 15.4 Å². The van der Waals surface area contributed by atoms with Crippen molar-refractivity contribution in [3.63, 3.8) is 0 Å². The minimum atomic E-state index is -4.34. The van der Waals surface area contributed by atoms with Crippen molar-refractivity contribution in [2.75, 3.05) is 6.61 Å². The van der Waals surface area contributed by atoms with E-state index in [9.17, 15) is 32.7 Å². The van der Waals surface area contributed by atoms with Crippen molar-refractivity contribution in [3.8, 4) is 5.88 Å². The van der Waals surface area contributed by atoms with Gasteiger partial charge >= 0.3 is 16.6 Å². The molecule has 170 valence electrons. The fourth-order valence-corrected chi connectivity index (χ4v) is 4.41. The average molecular weight is 470 g/mol. The summed E-state index contributed by atoms with van der Waals surface area (Å²) in [6.45, 7) is -0.484. The molecule has 3 aromatic rings. The summed E-state index contributed by atoms with van der Waals surface area (Å²) in [5, 5.41) is 24.5. The summed E-state index contributed by atoms with van der Waals surface area (Å²) in [7, 11) is -4.34. The van der Waals surface area contributed by atoms with Gasteiger partial charge in [-0.05, 0) is 17.0 Å². The van der Waals surface area contributed by atoms with Crippen LogP contribution in [-0.4, -0.2) is 47.0 Å². The summed E-state index contributed by atoms with van der Waals surface area (Å²) >= 11 is 0. The van der Waals surface area contributed by atoms with Crippen LogP contribution in [0.3, 0.4) is 0 Å². The Hall–Kier alpha value is -3.56. The normalized spacial score (nSPS) is 21.0. The average Bonchev–Trinajstić information content (AvgIpc) is 3.32. The van der Waals surface area contributed by atoms with Gasteiger partial charge in [0.2, 0.25) is 5.82 Å². The van der Waals surface area contributed by atoms with Crippen molar-refractivity contribution in [1.29, 1.82) is 0 Å². The molecule has 1 saturated heterocycles. The lowest BCUT2D eigenvalue weighted by Gasteiger charge is -2.15. The quantitative estimate of drug-likeness (QED) is 0.418. The first kappa shape index (κ1) is 21.7. The van der Waals surface area contributed by atoms with Crippen LogP contribution in [0.15, 0.2) is 60.7 Å². The van der Waals surface area contributed by atoms with Gasteiger partial charge in [0.05, 0.1) is 22.4 Å². The Labute approximate surface area is 177 Å². The van der Waals surface area contributed by atoms with Gasteiger partial charge in [-0.3, -0.25) is 19.0 Å². The highest BCUT2D eigenvalue weighted by molar-refractivity contribution is 7.91. The van der Waals surface area contributed by atoms with Crippen molar-refractivity contribution in [3.05, 3.63) is 68.4 Å². The molecule has 0 radical (unpaired) electrons. The number of hydrogen-bond acceptors (Lipinski definition) is 10. The SMILES string of the molecule is O=c1[nH]c(=O)n([C@H]2C[C@H](O)[C@@H](COc3no[n+]([O-])c3S(=O)(=O)c3ccccc3)O2)cc1F. The van der Waals surface area contributed by atoms with Crippen molar-refractivity contribution < 1.29 is 36.9 Å². The largest absolute Gasteiger partial charge is 0.452 e. The Morgan fingerprint density at radius 3 is 2.78 bits per heavy atom. The van der Waals surface area contributed by atoms with Crippen LogP contribution in [0.2, 0.25) is 0 Å². The van der Waals surface area contributed by atoms with Gasteiger partial charge < -0.3 is 19.8 Å². The van der Waals surface area contributed by atoms with Crippen LogP contribution >= 0.6 is 0 Å². The summed E-state index contributed by atoms with van der Waals surface area (Å²) in [6.07, 6.45) is -2.96. The number of aromatic nitrogens is 4. The van der Waals surface area contributed by atoms with Crippen LogP contribution in [0, 0.1) is 11.0 Å². The van der Waals surface area contributed by atoms with E-state index in [1.54, 1.807) is 11.1 Å². The lowest BCUT2D eigenvalue weighted by atomic mass is 10.2. The number of nitrogens with one attached hydrogen (secondary N) is 1. The van der Waals surface area contributed by atoms with Crippen molar-refractivity contribution in [2.45, 2.75) is 34.8 Å². The van der Waals surface area contributed by atoms with Crippen molar-refractivity contribution in [1.82, 2.24) is 14.7 Å². The molecule has 4 rings (SSSR count). The Morgan fingerprint density at radius 2 is 2.06 bits per heavy atom. The molecule has 1 fully saturated rings. The second kappa shape index (κ2) is 8.18. The molecule has 2 aromatic heterocycles. The zero-order valence-corrected chi connectivity index (χ0v) is 16.8. The van der Waals surface area contributed by atoms with E-state index in [0.717, 1.165) is 4.57 Å². The smallest absolute Gasteiger partial charge is 0.415 e. The maximum atomic E-state index is 13.5. The number of benzene rings is 1. The zero-order valence-electron chi connectivity index (χ0n) is 16.0. The van der Waals surface area contributed by atoms with E-state index in [-0.39, 0.29) is 16.2 Å². The highest BCUT2D eigenvalue weighted by Gasteiger charge is 2.39. The molecular formula is C17H15FN4O9S. The molecule has 1 aromatic carbocycles. The molecule has 1 aliphatic heterocycles. The van der Waals surface area contributed by atoms with Crippen LogP contribution in [0.5, 0.6) is 5.88 Å². The van der Waals surface area contributed by atoms with Gasteiger partial charge in [0.1, 0.15) is 18.9 Å². The molecular weight excluding hydrogens is 455 g/mol. The standard InChI is InChI=1S/C17H15FN4O9S/c18-10-7-21(17(25)19-14(10)24)13-6-11(23)12(30-13)8-29-15-16(22(26)31-20-15)32(27,28)9-4-2-1-3-5-9/h1-5,7,11-13,23H,6,8H2,(H,19,24,25)/t11-,12+,13+/m0/s1. The summed E-state index contributed by atoms with van der Waals surface area (Å²) < 4.78 is 54.9. The van der Waals surface area contributed by atoms with E-state index in [4.69, 9.17) is 9.47 Å². The van der Waals surface area contributed by atoms with E-state index in [0.29, 0.717) is 6.20 Å². The van der Waals surface area contributed by atoms with E-state index in [1.807, 2.05) is 0 Å². The van der Waals surface area contributed by atoms with Crippen LogP contribution in [0.1, 0.15) is 12.6 Å². The first-order chi connectivity index (χ1) is 15.2. The first-order valence-electron chi connectivity index (χ1n) is 9.05. The number of aromatic amines is 1. The number of aliphatic hydroxyl groups is 1. The van der Waals surface area contributed by atoms with Gasteiger partial charge in [-0.25, -0.2) is 13.2 Å². The fourth-order valence-electron chi connectivity index (χ4n) is 3.11. The summed E-state index contributed by atoms with van der Waals surface area (Å²) in [5.74, 6) is -1.88. The highest BCUT2D eigenvalue weighted by atomic mass is 32.2. The predicted octanol–water partition coefficient (Wildman–Crippen LogP) is -1.14. The molecule has 3 heterocycles. The molecule has 32 heavy (non-hydrogen) atoms. The van der Waals surface area contributed by atoms with Crippen LogP contribution in [0.4, 0.5) is 4.39 Å². The number of ether oxygens (including phenoxy) is 2. The second-order valence-electron chi connectivity index (χ2n) is 6.74. The number of sulfone groups is 1. The Bertz CT molecular complexity index is 1350. The number of halogens is 1. The molecule has 1 aliphatic rings. The van der Waals surface area contributed by atoms with Gasteiger partial charge in [-0.2, -0.15) is 4.39 Å². The van der Waals surface area contributed by atoms with Gasteiger partial charge in [0.15, 0.2) is 0 Å². The first-order valence-corrected chi connectivity index (χ1v) is 10.5. The number of H-pyrrole nitrogens is 1. The third-order valence-corrected chi connectivity index (χ3v) is 6.40. The van der Waals surface area contributed by atoms with E-state index in [2.05, 4.69) is 9.79 Å². The fraction of sp³-hybridized carbons (Fsp3) is 0.294. The molecule has 2 N–H and O–H groups in total. The third-order valence-electron chi connectivity index (χ3n) is 4.68. The second-order valence-corrected chi connectivity index (χ2v) is 8.61. The Morgan fingerprint density at radius 1 is 1.34 bits per heavy atom. The van der Waals surface area contributed by atoms with Crippen molar-refractivity contribution >= 4 is 9.84 Å². The molecule has 0 amide bonds. The Balaban J connectivity index is 1.53. The number of aliphatic hydroxyl groups excluding tert-OH is 1. The van der Waals surface area contributed by atoms with Gasteiger partial charge in [-0.15, -0.1) is 0 Å². The van der Waals surface area contributed by atoms with Crippen molar-refractivity contribution in [2.24, 2.45) is 0 Å². The lowest BCUT2D eigenvalue weighted by molar-refractivity contribution is -0.832. The minimum absolute atomic E-state index is 0.158. The molecule has 3 atom stereocenters. The molecule has 0 bridgehead atoms. The third kappa shape index (κ3) is 3.88. The predicted molar refractivity (Wildman–Crippen MR) is 98.7 cm³/mol. The topological polar surface area (TPSA) is 181 Å². The maximum Gasteiger partial charge on any atom is 0.415 e. The lowest BCUT2D eigenvalue weighted by Crippen LogP contribution is -2.34. The molecule has 15 heteroatoms. The Kier molecular flexibility index (Phi) is 5.53. The van der Waals surface area contributed by atoms with Crippen LogP contribution in [-0.2, 0) is 14.6 Å². The van der Waals surface area contributed by atoms with Gasteiger partial charge in [-0.1, -0.05) is 18.2 Å². The number of nitrogens with zero attached hydrogens (tertiary/aromatic N) is 3. The molecule has 0 spiro atoms. The van der Waals surface area contributed by atoms with Gasteiger partial charge in [0, 0.05) is 6.42 Å². The van der Waals surface area contributed by atoms with E-state index in [1.165, 1.54) is 24.3 Å². The molecule has 0 saturated carbocycles. The number of rotatable bonds is 6. The summed E-state index contributed by atoms with van der Waals surface area (Å²) in [6, 6.07) is 7.04. The summed E-state index contributed by atoms with van der Waals surface area (Å²) in [4.78, 5) is 24.3. The van der Waals surface area contributed by atoms with E-state index >= 15 is 0 Å². The number of hydrogen-bond donors (Lipinski definition) is 2. The highest BCUT2D eigenvalue weighted by Crippen LogP contribution is 2.29. The van der Waals surface area contributed by atoms with E-state index < -0.39 is 62.9 Å².